The van der Waals surface area contributed by atoms with Crippen molar-refractivity contribution < 1.29 is 23.4 Å². The summed E-state index contributed by atoms with van der Waals surface area (Å²) in [5, 5.41) is 6.50. The highest BCUT2D eigenvalue weighted by molar-refractivity contribution is 7.17. The first-order valence-corrected chi connectivity index (χ1v) is 10.5. The number of carbonyl (C=O) groups excluding carboxylic acids is 1. The standard InChI is InChI=1S/C23H21N3O5S/c1-13-21(22(27)30-4)32-23(24-13)26-25-16-12-19(31-17-8-6-5-7-15(16)17)14-9-10-18(28-2)20(11-14)29-3/h5-12H,1-4H3,(H,24,26)/b25-16+. The van der Waals surface area contributed by atoms with Gasteiger partial charge in [0.25, 0.3) is 0 Å². The summed E-state index contributed by atoms with van der Waals surface area (Å²) in [6, 6.07) is 15.0. The third-order valence-corrected chi connectivity index (χ3v) is 5.80. The maximum Gasteiger partial charge on any atom is 0.350 e. The minimum absolute atomic E-state index is 0.423. The largest absolute Gasteiger partial charge is 0.493 e. The number of thiazole rings is 1. The van der Waals surface area contributed by atoms with E-state index in [9.17, 15) is 4.79 Å². The second-order valence-corrected chi connectivity index (χ2v) is 7.71. The number of para-hydroxylation sites is 1. The van der Waals surface area contributed by atoms with Crippen LogP contribution in [0.5, 0.6) is 11.5 Å². The zero-order valence-corrected chi connectivity index (χ0v) is 18.8. The van der Waals surface area contributed by atoms with Gasteiger partial charge >= 0.3 is 5.97 Å². The Labute approximate surface area is 188 Å². The minimum Gasteiger partial charge on any atom is -0.493 e. The zero-order chi connectivity index (χ0) is 22.7. The molecule has 2 aromatic heterocycles. The van der Waals surface area contributed by atoms with Crippen LogP contribution in [-0.2, 0) is 4.74 Å². The molecule has 32 heavy (non-hydrogen) atoms. The molecule has 0 radical (unpaired) electrons. The van der Waals surface area contributed by atoms with E-state index in [1.165, 1.54) is 18.4 Å². The molecule has 0 saturated carbocycles. The van der Waals surface area contributed by atoms with Gasteiger partial charge in [-0.25, -0.2) is 9.78 Å². The highest BCUT2D eigenvalue weighted by Crippen LogP contribution is 2.32. The second kappa shape index (κ2) is 9.11. The van der Waals surface area contributed by atoms with Crippen LogP contribution in [0.3, 0.4) is 0 Å². The number of hydrogen-bond acceptors (Lipinski definition) is 9. The molecule has 0 amide bonds. The molecule has 2 aromatic carbocycles. The first kappa shape index (κ1) is 21.4. The molecule has 0 unspecified atom stereocenters. The van der Waals surface area contributed by atoms with Crippen LogP contribution in [0.2, 0.25) is 0 Å². The Balaban J connectivity index is 1.79. The van der Waals surface area contributed by atoms with Crippen molar-refractivity contribution in [2.45, 2.75) is 6.92 Å². The smallest absolute Gasteiger partial charge is 0.350 e. The number of nitrogens with one attached hydrogen (secondary N) is 1. The molecule has 0 saturated heterocycles. The molecule has 9 heteroatoms. The average Bonchev–Trinajstić information content (AvgIpc) is 3.21. The Bertz CT molecular complexity index is 1360. The molecule has 0 fully saturated rings. The van der Waals surface area contributed by atoms with E-state index in [4.69, 9.17) is 18.6 Å². The Morgan fingerprint density at radius 3 is 2.59 bits per heavy atom. The van der Waals surface area contributed by atoms with E-state index >= 15 is 0 Å². The minimum atomic E-state index is -0.423. The number of aryl methyl sites for hydroxylation is 1. The summed E-state index contributed by atoms with van der Waals surface area (Å²) in [5.41, 5.74) is 5.01. The summed E-state index contributed by atoms with van der Waals surface area (Å²) >= 11 is 1.18. The lowest BCUT2D eigenvalue weighted by atomic mass is 10.1. The number of nitrogens with zero attached hydrogens (tertiary/aromatic N) is 2. The third kappa shape index (κ3) is 4.15. The van der Waals surface area contributed by atoms with E-state index in [0.717, 1.165) is 10.9 Å². The van der Waals surface area contributed by atoms with Gasteiger partial charge in [-0.15, -0.1) is 0 Å². The quantitative estimate of drug-likeness (QED) is 0.338. The Kier molecular flexibility index (Phi) is 6.09. The van der Waals surface area contributed by atoms with Crippen molar-refractivity contribution in [2.75, 3.05) is 26.8 Å². The van der Waals surface area contributed by atoms with Crippen LogP contribution in [0.1, 0.15) is 15.4 Å². The van der Waals surface area contributed by atoms with Gasteiger partial charge in [0.15, 0.2) is 11.5 Å². The monoisotopic (exact) mass is 451 g/mol. The molecule has 0 spiro atoms. The Morgan fingerprint density at radius 1 is 1.06 bits per heavy atom. The second-order valence-electron chi connectivity index (χ2n) is 6.71. The summed E-state index contributed by atoms with van der Waals surface area (Å²) in [6.07, 6.45) is 0. The van der Waals surface area contributed by atoms with Gasteiger partial charge in [-0.1, -0.05) is 23.5 Å². The van der Waals surface area contributed by atoms with Crippen molar-refractivity contribution in [3.63, 3.8) is 0 Å². The number of anilines is 1. The third-order valence-electron chi connectivity index (χ3n) is 4.76. The molecule has 8 nitrogen and oxygen atoms in total. The van der Waals surface area contributed by atoms with Gasteiger partial charge in [-0.3, -0.25) is 5.43 Å². The van der Waals surface area contributed by atoms with Crippen LogP contribution in [0.15, 0.2) is 58.0 Å². The van der Waals surface area contributed by atoms with E-state index in [2.05, 4.69) is 15.5 Å². The van der Waals surface area contributed by atoms with Crippen LogP contribution in [-0.4, -0.2) is 32.3 Å². The predicted octanol–water partition coefficient (Wildman–Crippen LogP) is 4.60. The molecular weight excluding hydrogens is 430 g/mol. The molecule has 0 aliphatic heterocycles. The lowest BCUT2D eigenvalue weighted by molar-refractivity contribution is 0.0605. The van der Waals surface area contributed by atoms with Gasteiger partial charge in [0.2, 0.25) is 5.13 Å². The summed E-state index contributed by atoms with van der Waals surface area (Å²) in [4.78, 5) is 16.6. The SMILES string of the molecule is COC(=O)c1sc(N/N=c2\cc(-c3ccc(OC)c(OC)c3)oc3ccccc23)nc1C. The number of carbonyl (C=O) groups is 1. The molecule has 0 bridgehead atoms. The van der Waals surface area contributed by atoms with E-state index in [0.29, 0.717) is 43.9 Å². The van der Waals surface area contributed by atoms with Crippen LogP contribution in [0, 0.1) is 6.92 Å². The van der Waals surface area contributed by atoms with Crippen LogP contribution in [0.25, 0.3) is 22.3 Å². The molecule has 164 valence electrons. The fraction of sp³-hybridized carbons (Fsp3) is 0.174. The molecule has 2 heterocycles. The number of benzene rings is 2. The van der Waals surface area contributed by atoms with Gasteiger partial charge in [0, 0.05) is 17.0 Å². The van der Waals surface area contributed by atoms with Crippen molar-refractivity contribution in [3.8, 4) is 22.8 Å². The van der Waals surface area contributed by atoms with Gasteiger partial charge in [-0.05, 0) is 37.3 Å². The fourth-order valence-corrected chi connectivity index (χ4v) is 4.00. The topological polar surface area (TPSA) is 95.2 Å². The number of hydrogen-bond donors (Lipinski definition) is 1. The van der Waals surface area contributed by atoms with Crippen molar-refractivity contribution in [1.82, 2.24) is 4.98 Å². The molecule has 0 atom stereocenters. The highest BCUT2D eigenvalue weighted by atomic mass is 32.1. The molecule has 4 rings (SSSR count). The molecule has 0 aliphatic rings. The maximum absolute atomic E-state index is 11.9. The van der Waals surface area contributed by atoms with E-state index < -0.39 is 5.97 Å². The molecular formula is C23H21N3O5S. The first-order chi connectivity index (χ1) is 15.5. The fourth-order valence-electron chi connectivity index (χ4n) is 3.18. The first-order valence-electron chi connectivity index (χ1n) is 9.64. The van der Waals surface area contributed by atoms with Crippen molar-refractivity contribution in [3.05, 3.63) is 64.5 Å². The van der Waals surface area contributed by atoms with Crippen molar-refractivity contribution in [2.24, 2.45) is 5.10 Å². The van der Waals surface area contributed by atoms with Crippen LogP contribution >= 0.6 is 11.3 Å². The zero-order valence-electron chi connectivity index (χ0n) is 18.0. The summed E-state index contributed by atoms with van der Waals surface area (Å²) in [6.45, 7) is 1.75. The van der Waals surface area contributed by atoms with E-state index in [1.54, 1.807) is 21.1 Å². The predicted molar refractivity (Wildman–Crippen MR) is 122 cm³/mol. The van der Waals surface area contributed by atoms with Gasteiger partial charge in [0.05, 0.1) is 32.4 Å². The van der Waals surface area contributed by atoms with E-state index in [1.807, 2.05) is 48.5 Å². The van der Waals surface area contributed by atoms with Gasteiger partial charge < -0.3 is 18.6 Å². The summed E-state index contributed by atoms with van der Waals surface area (Å²) in [5.74, 6) is 1.41. The van der Waals surface area contributed by atoms with Crippen molar-refractivity contribution >= 4 is 33.4 Å². The Hall–Kier alpha value is -3.85. The summed E-state index contributed by atoms with van der Waals surface area (Å²) < 4.78 is 21.7. The highest BCUT2D eigenvalue weighted by Gasteiger charge is 2.15. The number of esters is 1. The molecule has 4 aromatic rings. The van der Waals surface area contributed by atoms with Crippen molar-refractivity contribution in [1.29, 1.82) is 0 Å². The normalized spacial score (nSPS) is 11.4. The lowest BCUT2D eigenvalue weighted by Crippen LogP contribution is -2.07. The number of aromatic nitrogens is 1. The van der Waals surface area contributed by atoms with Crippen LogP contribution < -0.4 is 20.3 Å². The van der Waals surface area contributed by atoms with Crippen LogP contribution in [0.4, 0.5) is 5.13 Å². The number of rotatable bonds is 6. The van der Waals surface area contributed by atoms with E-state index in [-0.39, 0.29) is 0 Å². The van der Waals surface area contributed by atoms with Gasteiger partial charge in [-0.2, -0.15) is 5.10 Å². The maximum atomic E-state index is 11.9. The number of ether oxygens (including phenoxy) is 3. The molecule has 1 N–H and O–H groups in total. The number of fused-ring (bicyclic) bond motifs is 1. The van der Waals surface area contributed by atoms with Gasteiger partial charge in [0.1, 0.15) is 16.2 Å². The molecule has 0 aliphatic carbocycles. The Morgan fingerprint density at radius 2 is 1.84 bits per heavy atom. The number of methoxy groups -OCH3 is 3. The lowest BCUT2D eigenvalue weighted by Gasteiger charge is -2.10. The average molecular weight is 452 g/mol. The summed E-state index contributed by atoms with van der Waals surface area (Å²) in [7, 11) is 4.52.